The number of nitrogens with zero attached hydrogens (tertiary/aromatic N) is 1. The summed E-state index contributed by atoms with van der Waals surface area (Å²) in [5.74, 6) is 0. The normalized spacial score (nSPS) is 23.4. The van der Waals surface area contributed by atoms with Gasteiger partial charge in [0.15, 0.2) is 0 Å². The highest BCUT2D eigenvalue weighted by Crippen LogP contribution is 2.24. The third-order valence-electron chi connectivity index (χ3n) is 2.94. The van der Waals surface area contributed by atoms with Crippen LogP contribution in [-0.4, -0.2) is 18.8 Å². The van der Waals surface area contributed by atoms with Crippen molar-refractivity contribution in [1.82, 2.24) is 0 Å². The van der Waals surface area contributed by atoms with Gasteiger partial charge in [0.25, 0.3) is 0 Å². The highest BCUT2D eigenvalue weighted by Gasteiger charge is 2.21. The fourth-order valence-electron chi connectivity index (χ4n) is 1.99. The Hall–Kier alpha value is -1.24. The van der Waals surface area contributed by atoms with E-state index in [-0.39, 0.29) is 6.10 Å². The van der Waals surface area contributed by atoms with Gasteiger partial charge in [0.2, 0.25) is 0 Å². The van der Waals surface area contributed by atoms with Gasteiger partial charge in [-0.2, -0.15) is 5.26 Å². The van der Waals surface area contributed by atoms with E-state index in [2.05, 4.69) is 18.3 Å². The van der Waals surface area contributed by atoms with Gasteiger partial charge >= 0.3 is 0 Å². The van der Waals surface area contributed by atoms with Crippen molar-refractivity contribution in [2.75, 3.05) is 11.9 Å². The number of benzene rings is 1. The first-order valence-corrected chi connectivity index (χ1v) is 6.16. The lowest BCUT2D eigenvalue weighted by molar-refractivity contribution is 0.0637. The molecule has 0 saturated carbocycles. The maximum atomic E-state index is 8.82. The maximum absolute atomic E-state index is 8.82. The molecular weight excluding hydrogens is 236 g/mol. The van der Waals surface area contributed by atoms with Crippen LogP contribution in [0.4, 0.5) is 5.69 Å². The Balaban J connectivity index is 1.97. The van der Waals surface area contributed by atoms with E-state index in [1.807, 2.05) is 0 Å². The minimum absolute atomic E-state index is 0.242. The molecule has 2 rings (SSSR count). The van der Waals surface area contributed by atoms with Crippen LogP contribution in [0, 0.1) is 11.3 Å². The molecule has 1 N–H and O–H groups in total. The molecule has 1 aromatic carbocycles. The summed E-state index contributed by atoms with van der Waals surface area (Å²) in [5.41, 5.74) is 1.41. The molecule has 1 fully saturated rings. The number of hydrogen-bond donors (Lipinski definition) is 1. The highest BCUT2D eigenvalue weighted by atomic mass is 35.5. The third-order valence-corrected chi connectivity index (χ3v) is 3.27. The van der Waals surface area contributed by atoms with Gasteiger partial charge in [-0.25, -0.2) is 0 Å². The van der Waals surface area contributed by atoms with Crippen LogP contribution in [0.5, 0.6) is 0 Å². The standard InChI is InChI=1S/C13H15ClN2O/c1-9-2-4-11(17-9)8-16-13-6-10(7-15)3-5-12(13)14/h3,5-6,9,11,16H,2,4,8H2,1H3. The molecule has 4 heteroatoms. The molecule has 90 valence electrons. The van der Waals surface area contributed by atoms with Crippen LogP contribution >= 0.6 is 11.6 Å². The monoisotopic (exact) mass is 250 g/mol. The number of halogens is 1. The Bertz CT molecular complexity index is 442. The van der Waals surface area contributed by atoms with Crippen LogP contribution in [0.3, 0.4) is 0 Å². The largest absolute Gasteiger partial charge is 0.381 e. The van der Waals surface area contributed by atoms with Crippen LogP contribution < -0.4 is 5.32 Å². The molecule has 1 aliphatic heterocycles. The van der Waals surface area contributed by atoms with Crippen LogP contribution in [0.1, 0.15) is 25.3 Å². The van der Waals surface area contributed by atoms with E-state index in [9.17, 15) is 0 Å². The number of ether oxygens (including phenoxy) is 1. The van der Waals surface area contributed by atoms with Crippen LogP contribution in [0.2, 0.25) is 5.02 Å². The number of nitrogens with one attached hydrogen (secondary N) is 1. The quantitative estimate of drug-likeness (QED) is 0.896. The fourth-order valence-corrected chi connectivity index (χ4v) is 2.17. The second-order valence-corrected chi connectivity index (χ2v) is 4.74. The molecule has 0 radical (unpaired) electrons. The van der Waals surface area contributed by atoms with Crippen LogP contribution in [0.25, 0.3) is 0 Å². The second-order valence-electron chi connectivity index (χ2n) is 4.33. The van der Waals surface area contributed by atoms with E-state index in [0.29, 0.717) is 16.7 Å². The summed E-state index contributed by atoms with van der Waals surface area (Å²) in [6.45, 7) is 2.82. The van der Waals surface area contributed by atoms with Crippen molar-refractivity contribution in [2.24, 2.45) is 0 Å². The van der Waals surface area contributed by atoms with Gasteiger partial charge in [0.1, 0.15) is 0 Å². The first kappa shape index (κ1) is 12.2. The van der Waals surface area contributed by atoms with Gasteiger partial charge < -0.3 is 10.1 Å². The zero-order valence-electron chi connectivity index (χ0n) is 9.74. The topological polar surface area (TPSA) is 45.0 Å². The molecule has 1 heterocycles. The van der Waals surface area contributed by atoms with E-state index >= 15 is 0 Å². The number of rotatable bonds is 3. The van der Waals surface area contributed by atoms with E-state index in [0.717, 1.165) is 25.1 Å². The lowest BCUT2D eigenvalue weighted by atomic mass is 10.2. The van der Waals surface area contributed by atoms with Gasteiger partial charge in [0.05, 0.1) is 34.6 Å². The summed E-state index contributed by atoms with van der Waals surface area (Å²) in [7, 11) is 0. The molecule has 1 aliphatic rings. The lowest BCUT2D eigenvalue weighted by Gasteiger charge is -2.14. The predicted molar refractivity (Wildman–Crippen MR) is 68.2 cm³/mol. The minimum Gasteiger partial charge on any atom is -0.381 e. The van der Waals surface area contributed by atoms with Crippen molar-refractivity contribution in [3.05, 3.63) is 28.8 Å². The van der Waals surface area contributed by atoms with E-state index in [4.69, 9.17) is 21.6 Å². The highest BCUT2D eigenvalue weighted by molar-refractivity contribution is 6.33. The molecule has 0 spiro atoms. The van der Waals surface area contributed by atoms with Crippen LogP contribution in [-0.2, 0) is 4.74 Å². The molecule has 0 aliphatic carbocycles. The average molecular weight is 251 g/mol. The summed E-state index contributed by atoms with van der Waals surface area (Å²) in [5, 5.41) is 12.7. The van der Waals surface area contributed by atoms with Gasteiger partial charge in [-0.3, -0.25) is 0 Å². The van der Waals surface area contributed by atoms with Crippen molar-refractivity contribution < 1.29 is 4.74 Å². The SMILES string of the molecule is CC1CCC(CNc2cc(C#N)ccc2Cl)O1. The molecule has 17 heavy (non-hydrogen) atoms. The molecule has 0 aromatic heterocycles. The Morgan fingerprint density at radius 3 is 3.00 bits per heavy atom. The number of nitriles is 1. The maximum Gasteiger partial charge on any atom is 0.0992 e. The Kier molecular flexibility index (Phi) is 3.88. The van der Waals surface area contributed by atoms with Gasteiger partial charge in [-0.15, -0.1) is 0 Å². The molecule has 1 saturated heterocycles. The molecule has 2 unspecified atom stereocenters. The van der Waals surface area contributed by atoms with E-state index < -0.39 is 0 Å². The Labute approximate surface area is 106 Å². The zero-order chi connectivity index (χ0) is 12.3. The molecule has 0 amide bonds. The van der Waals surface area contributed by atoms with Crippen LogP contribution in [0.15, 0.2) is 18.2 Å². The minimum atomic E-state index is 0.242. The molecular formula is C13H15ClN2O. The van der Waals surface area contributed by atoms with Gasteiger partial charge in [-0.1, -0.05) is 11.6 Å². The smallest absolute Gasteiger partial charge is 0.0992 e. The first-order chi connectivity index (χ1) is 8.19. The second kappa shape index (κ2) is 5.39. The predicted octanol–water partition coefficient (Wildman–Crippen LogP) is 3.19. The van der Waals surface area contributed by atoms with Gasteiger partial charge in [-0.05, 0) is 38.0 Å². The fraction of sp³-hybridized carbons (Fsp3) is 0.462. The van der Waals surface area contributed by atoms with Crippen molar-refractivity contribution >= 4 is 17.3 Å². The van der Waals surface area contributed by atoms with Crippen molar-refractivity contribution in [2.45, 2.75) is 32.0 Å². The summed E-state index contributed by atoms with van der Waals surface area (Å²) < 4.78 is 5.71. The van der Waals surface area contributed by atoms with E-state index in [1.165, 1.54) is 0 Å². The Morgan fingerprint density at radius 2 is 2.35 bits per heavy atom. The van der Waals surface area contributed by atoms with Crippen molar-refractivity contribution in [1.29, 1.82) is 5.26 Å². The van der Waals surface area contributed by atoms with Crippen molar-refractivity contribution in [3.8, 4) is 6.07 Å². The summed E-state index contributed by atoms with van der Waals surface area (Å²) in [6.07, 6.45) is 2.77. The van der Waals surface area contributed by atoms with Gasteiger partial charge in [0, 0.05) is 6.54 Å². The molecule has 1 aromatic rings. The zero-order valence-corrected chi connectivity index (χ0v) is 10.5. The summed E-state index contributed by atoms with van der Waals surface area (Å²) in [6, 6.07) is 7.31. The summed E-state index contributed by atoms with van der Waals surface area (Å²) in [4.78, 5) is 0. The average Bonchev–Trinajstić information content (AvgIpc) is 2.74. The lowest BCUT2D eigenvalue weighted by Crippen LogP contribution is -2.19. The molecule has 3 nitrogen and oxygen atoms in total. The summed E-state index contributed by atoms with van der Waals surface area (Å²) >= 11 is 6.05. The first-order valence-electron chi connectivity index (χ1n) is 5.78. The Morgan fingerprint density at radius 1 is 1.53 bits per heavy atom. The third kappa shape index (κ3) is 3.12. The number of hydrogen-bond acceptors (Lipinski definition) is 3. The van der Waals surface area contributed by atoms with Crippen molar-refractivity contribution in [3.63, 3.8) is 0 Å². The van der Waals surface area contributed by atoms with E-state index in [1.54, 1.807) is 18.2 Å². The molecule has 2 atom stereocenters. The number of anilines is 1. The molecule has 0 bridgehead atoms.